The summed E-state index contributed by atoms with van der Waals surface area (Å²) in [5.74, 6) is -0.487. The Kier molecular flexibility index (Phi) is 5.96. The van der Waals surface area contributed by atoms with Crippen LogP contribution in [-0.2, 0) is 14.6 Å². The van der Waals surface area contributed by atoms with Crippen molar-refractivity contribution in [3.05, 3.63) is 64.6 Å². The van der Waals surface area contributed by atoms with Gasteiger partial charge in [-0.1, -0.05) is 52.3 Å². The molecule has 0 unspecified atom stereocenters. The Morgan fingerprint density at radius 1 is 1.09 bits per heavy atom. The van der Waals surface area contributed by atoms with Crippen molar-refractivity contribution >= 4 is 31.7 Å². The summed E-state index contributed by atoms with van der Waals surface area (Å²) in [6.07, 6.45) is -0.0635. The second-order valence-corrected chi connectivity index (χ2v) is 8.16. The van der Waals surface area contributed by atoms with Gasteiger partial charge >= 0.3 is 0 Å². The van der Waals surface area contributed by atoms with Gasteiger partial charge < -0.3 is 5.32 Å². The van der Waals surface area contributed by atoms with E-state index in [0.717, 1.165) is 10.0 Å². The highest BCUT2D eigenvalue weighted by Gasteiger charge is 2.17. The van der Waals surface area contributed by atoms with Crippen molar-refractivity contribution in [1.29, 1.82) is 0 Å². The lowest BCUT2D eigenvalue weighted by molar-refractivity contribution is -0.121. The average molecular weight is 396 g/mol. The van der Waals surface area contributed by atoms with Crippen LogP contribution in [-0.4, -0.2) is 20.1 Å². The first-order chi connectivity index (χ1) is 10.9. The van der Waals surface area contributed by atoms with Gasteiger partial charge in [0.15, 0.2) is 9.84 Å². The molecule has 0 aromatic heterocycles. The zero-order chi connectivity index (χ0) is 16.9. The third kappa shape index (κ3) is 4.91. The van der Waals surface area contributed by atoms with Gasteiger partial charge in [-0.05, 0) is 30.7 Å². The van der Waals surface area contributed by atoms with Crippen LogP contribution in [0.2, 0.25) is 0 Å². The molecule has 0 saturated heterocycles. The maximum absolute atomic E-state index is 12.2. The van der Waals surface area contributed by atoms with Gasteiger partial charge in [0.25, 0.3) is 0 Å². The lowest BCUT2D eigenvalue weighted by Gasteiger charge is -2.16. The van der Waals surface area contributed by atoms with E-state index in [1.54, 1.807) is 18.2 Å². The van der Waals surface area contributed by atoms with Crippen molar-refractivity contribution < 1.29 is 13.2 Å². The molecule has 0 aliphatic carbocycles. The lowest BCUT2D eigenvalue weighted by atomic mass is 10.1. The Morgan fingerprint density at radius 2 is 1.70 bits per heavy atom. The first-order valence-corrected chi connectivity index (χ1v) is 9.66. The zero-order valence-electron chi connectivity index (χ0n) is 12.7. The van der Waals surface area contributed by atoms with Crippen LogP contribution in [0.3, 0.4) is 0 Å². The summed E-state index contributed by atoms with van der Waals surface area (Å²) >= 11 is 3.44. The molecule has 0 aliphatic heterocycles. The Labute approximate surface area is 145 Å². The molecule has 6 heteroatoms. The summed E-state index contributed by atoms with van der Waals surface area (Å²) in [5, 5.41) is 2.83. The Bertz CT molecular complexity index is 775. The first-order valence-electron chi connectivity index (χ1n) is 7.22. The molecule has 0 fully saturated rings. The van der Waals surface area contributed by atoms with Crippen LogP contribution in [0.15, 0.2) is 64.0 Å². The van der Waals surface area contributed by atoms with E-state index in [4.69, 9.17) is 0 Å². The molecule has 23 heavy (non-hydrogen) atoms. The van der Waals surface area contributed by atoms with E-state index >= 15 is 0 Å². The molecule has 4 nitrogen and oxygen atoms in total. The Balaban J connectivity index is 1.94. The highest BCUT2D eigenvalue weighted by molar-refractivity contribution is 9.10. The fourth-order valence-corrected chi connectivity index (χ4v) is 4.08. The largest absolute Gasteiger partial charge is 0.350 e. The zero-order valence-corrected chi connectivity index (χ0v) is 15.1. The second kappa shape index (κ2) is 7.75. The van der Waals surface area contributed by atoms with Crippen molar-refractivity contribution in [1.82, 2.24) is 5.32 Å². The van der Waals surface area contributed by atoms with Crippen molar-refractivity contribution in [2.75, 3.05) is 5.75 Å². The number of hydrogen-bond donors (Lipinski definition) is 1. The minimum absolute atomic E-state index is 0.0635. The number of hydrogen-bond acceptors (Lipinski definition) is 3. The topological polar surface area (TPSA) is 63.2 Å². The van der Waals surface area contributed by atoms with E-state index in [-0.39, 0.29) is 29.0 Å². The molecule has 2 aromatic carbocycles. The number of amides is 1. The molecule has 0 spiro atoms. The highest BCUT2D eigenvalue weighted by Crippen LogP contribution is 2.22. The molecule has 0 saturated carbocycles. The normalized spacial score (nSPS) is 12.6. The fraction of sp³-hybridized carbons (Fsp3) is 0.235. The number of sulfone groups is 1. The summed E-state index contributed by atoms with van der Waals surface area (Å²) in [6, 6.07) is 15.6. The van der Waals surface area contributed by atoms with Crippen LogP contribution in [0, 0.1) is 0 Å². The van der Waals surface area contributed by atoms with Gasteiger partial charge in [0.1, 0.15) is 0 Å². The molecule has 122 valence electrons. The van der Waals surface area contributed by atoms with E-state index in [0.29, 0.717) is 0 Å². The predicted octanol–water partition coefficient (Wildman–Crippen LogP) is 3.49. The summed E-state index contributed by atoms with van der Waals surface area (Å²) in [5.41, 5.74) is 0.951. The molecule has 0 heterocycles. The number of benzene rings is 2. The lowest BCUT2D eigenvalue weighted by Crippen LogP contribution is -2.28. The summed E-state index contributed by atoms with van der Waals surface area (Å²) < 4.78 is 25.2. The van der Waals surface area contributed by atoms with Crippen LogP contribution < -0.4 is 5.32 Å². The monoisotopic (exact) mass is 395 g/mol. The summed E-state index contributed by atoms with van der Waals surface area (Å²) in [6.45, 7) is 1.86. The number of nitrogens with one attached hydrogen (secondary N) is 1. The number of carbonyl (C=O) groups is 1. The average Bonchev–Trinajstić information content (AvgIpc) is 2.54. The number of halogens is 1. The summed E-state index contributed by atoms with van der Waals surface area (Å²) in [7, 11) is -3.43. The first kappa shape index (κ1) is 17.7. The Morgan fingerprint density at radius 3 is 2.35 bits per heavy atom. The van der Waals surface area contributed by atoms with Crippen LogP contribution in [0.5, 0.6) is 0 Å². The van der Waals surface area contributed by atoms with Gasteiger partial charge in [-0.15, -0.1) is 0 Å². The fourth-order valence-electron chi connectivity index (χ4n) is 2.19. The SMILES string of the molecule is C[C@H](NC(=O)CCS(=O)(=O)c1ccccc1)c1ccccc1Br. The second-order valence-electron chi connectivity index (χ2n) is 5.19. The molecule has 1 atom stereocenters. The van der Waals surface area contributed by atoms with E-state index in [1.165, 1.54) is 12.1 Å². The van der Waals surface area contributed by atoms with Crippen molar-refractivity contribution in [2.24, 2.45) is 0 Å². The van der Waals surface area contributed by atoms with E-state index in [2.05, 4.69) is 21.2 Å². The van der Waals surface area contributed by atoms with Crippen LogP contribution in [0.25, 0.3) is 0 Å². The van der Waals surface area contributed by atoms with E-state index in [9.17, 15) is 13.2 Å². The molecule has 1 N–H and O–H groups in total. The van der Waals surface area contributed by atoms with E-state index < -0.39 is 9.84 Å². The maximum atomic E-state index is 12.2. The van der Waals surface area contributed by atoms with E-state index in [1.807, 2.05) is 31.2 Å². The van der Waals surface area contributed by atoms with Gasteiger partial charge in [0, 0.05) is 10.9 Å². The minimum Gasteiger partial charge on any atom is -0.350 e. The molecule has 2 rings (SSSR count). The van der Waals surface area contributed by atoms with Crippen LogP contribution in [0.1, 0.15) is 24.9 Å². The molecular formula is C17H18BrNO3S. The van der Waals surface area contributed by atoms with Crippen LogP contribution in [0.4, 0.5) is 0 Å². The smallest absolute Gasteiger partial charge is 0.221 e. The quantitative estimate of drug-likeness (QED) is 0.813. The summed E-state index contributed by atoms with van der Waals surface area (Å²) in [4.78, 5) is 12.3. The molecule has 0 radical (unpaired) electrons. The van der Waals surface area contributed by atoms with Gasteiger partial charge in [0.05, 0.1) is 16.7 Å². The Hall–Kier alpha value is -1.66. The minimum atomic E-state index is -3.43. The van der Waals surface area contributed by atoms with Crippen LogP contribution >= 0.6 is 15.9 Å². The van der Waals surface area contributed by atoms with Gasteiger partial charge in [0.2, 0.25) is 5.91 Å². The molecular weight excluding hydrogens is 378 g/mol. The third-order valence-corrected chi connectivity index (χ3v) is 5.90. The highest BCUT2D eigenvalue weighted by atomic mass is 79.9. The molecule has 0 aliphatic rings. The van der Waals surface area contributed by atoms with Gasteiger partial charge in [-0.25, -0.2) is 8.42 Å². The van der Waals surface area contributed by atoms with Crippen molar-refractivity contribution in [2.45, 2.75) is 24.3 Å². The number of rotatable bonds is 6. The number of carbonyl (C=O) groups excluding carboxylic acids is 1. The molecule has 1 amide bonds. The molecule has 0 bridgehead atoms. The maximum Gasteiger partial charge on any atom is 0.221 e. The molecule has 2 aromatic rings. The van der Waals surface area contributed by atoms with Crippen molar-refractivity contribution in [3.63, 3.8) is 0 Å². The van der Waals surface area contributed by atoms with Crippen molar-refractivity contribution in [3.8, 4) is 0 Å². The predicted molar refractivity (Wildman–Crippen MR) is 93.8 cm³/mol. The third-order valence-electron chi connectivity index (χ3n) is 3.45. The van der Waals surface area contributed by atoms with Gasteiger partial charge in [-0.3, -0.25) is 4.79 Å². The van der Waals surface area contributed by atoms with Gasteiger partial charge in [-0.2, -0.15) is 0 Å². The standard InChI is InChI=1S/C17H18BrNO3S/c1-13(15-9-5-6-10-16(15)18)19-17(20)11-12-23(21,22)14-7-3-2-4-8-14/h2-10,13H,11-12H2,1H3,(H,19,20)/t13-/m0/s1.